The number of ether oxygens (including phenoxy) is 2. The maximum atomic E-state index is 12.2. The largest absolute Gasteiger partial charge is 0.496 e. The van der Waals surface area contributed by atoms with Gasteiger partial charge in [-0.1, -0.05) is 12.1 Å². The summed E-state index contributed by atoms with van der Waals surface area (Å²) >= 11 is 0. The summed E-state index contributed by atoms with van der Waals surface area (Å²) in [7, 11) is 1.46. The number of pyridine rings is 1. The van der Waals surface area contributed by atoms with Crippen molar-refractivity contribution in [2.45, 2.75) is 6.61 Å². The summed E-state index contributed by atoms with van der Waals surface area (Å²) < 4.78 is 11.0. The predicted octanol–water partition coefficient (Wildman–Crippen LogP) is 2.86. The number of nitrogens with one attached hydrogen (secondary N) is 1. The zero-order valence-electron chi connectivity index (χ0n) is 16.2. The SMILES string of the molecule is COc1ccc(-c2c(C#N)c(N)[nH]c(=O)c2C#N)cc1COc1cccc([N+](=O)[O-])c1. The molecule has 3 aromatic rings. The van der Waals surface area contributed by atoms with Gasteiger partial charge in [0.15, 0.2) is 0 Å². The van der Waals surface area contributed by atoms with Gasteiger partial charge in [-0.15, -0.1) is 0 Å². The van der Waals surface area contributed by atoms with Crippen molar-refractivity contribution in [3.8, 4) is 34.8 Å². The van der Waals surface area contributed by atoms with E-state index in [-0.39, 0.29) is 40.6 Å². The molecule has 0 saturated carbocycles. The summed E-state index contributed by atoms with van der Waals surface area (Å²) in [5.41, 5.74) is 5.68. The summed E-state index contributed by atoms with van der Waals surface area (Å²) in [6, 6.07) is 14.2. The molecule has 3 N–H and O–H groups in total. The second-order valence-electron chi connectivity index (χ2n) is 6.29. The van der Waals surface area contributed by atoms with Crippen LogP contribution in [0.4, 0.5) is 11.5 Å². The molecule has 0 aliphatic rings. The Morgan fingerprint density at radius 2 is 1.90 bits per heavy atom. The number of H-pyrrole nitrogens is 1. The molecule has 3 rings (SSSR count). The maximum Gasteiger partial charge on any atom is 0.273 e. The van der Waals surface area contributed by atoms with E-state index < -0.39 is 10.5 Å². The standard InChI is InChI=1S/C21H15N5O5/c1-30-18-6-5-12(19-16(9-22)20(24)25-21(27)17(19)10-23)7-13(18)11-31-15-4-2-3-14(8-15)26(28)29/h2-8H,11H2,1H3,(H3,24,25,27). The number of non-ortho nitro benzene ring substituents is 1. The van der Waals surface area contributed by atoms with E-state index in [1.54, 1.807) is 24.3 Å². The van der Waals surface area contributed by atoms with Crippen molar-refractivity contribution >= 4 is 11.5 Å². The van der Waals surface area contributed by atoms with Crippen molar-refractivity contribution in [1.29, 1.82) is 10.5 Å². The number of methoxy groups -OCH3 is 1. The van der Waals surface area contributed by atoms with Crippen molar-refractivity contribution in [3.63, 3.8) is 0 Å². The smallest absolute Gasteiger partial charge is 0.273 e. The van der Waals surface area contributed by atoms with Gasteiger partial charge >= 0.3 is 0 Å². The van der Waals surface area contributed by atoms with Gasteiger partial charge in [0.2, 0.25) is 0 Å². The van der Waals surface area contributed by atoms with Crippen LogP contribution in [0.5, 0.6) is 11.5 Å². The number of rotatable bonds is 6. The van der Waals surface area contributed by atoms with Crippen LogP contribution in [0.25, 0.3) is 11.1 Å². The lowest BCUT2D eigenvalue weighted by Crippen LogP contribution is -2.16. The second kappa shape index (κ2) is 8.68. The molecular weight excluding hydrogens is 402 g/mol. The molecule has 1 heterocycles. The maximum absolute atomic E-state index is 12.2. The van der Waals surface area contributed by atoms with E-state index in [0.717, 1.165) is 0 Å². The summed E-state index contributed by atoms with van der Waals surface area (Å²) in [4.78, 5) is 24.9. The molecule has 0 spiro atoms. The second-order valence-corrected chi connectivity index (χ2v) is 6.29. The van der Waals surface area contributed by atoms with Gasteiger partial charge in [-0.05, 0) is 23.8 Å². The molecule has 0 aliphatic heterocycles. The molecule has 0 fully saturated rings. The monoisotopic (exact) mass is 417 g/mol. The Labute approximate surface area is 175 Å². The van der Waals surface area contributed by atoms with Crippen LogP contribution in [0.1, 0.15) is 16.7 Å². The first-order valence-electron chi connectivity index (χ1n) is 8.80. The number of nitro groups is 1. The average Bonchev–Trinajstić information content (AvgIpc) is 2.77. The van der Waals surface area contributed by atoms with E-state index in [1.807, 2.05) is 12.1 Å². The van der Waals surface area contributed by atoms with Crippen molar-refractivity contribution in [2.24, 2.45) is 0 Å². The number of nitro benzene ring substituents is 1. The molecule has 2 aromatic carbocycles. The molecular formula is C21H15N5O5. The summed E-state index contributed by atoms with van der Waals surface area (Å²) in [5.74, 6) is 0.577. The molecule has 154 valence electrons. The van der Waals surface area contributed by atoms with Crippen molar-refractivity contribution < 1.29 is 14.4 Å². The van der Waals surface area contributed by atoms with Crippen LogP contribution in [-0.2, 0) is 6.61 Å². The first kappa shape index (κ1) is 20.9. The highest BCUT2D eigenvalue weighted by atomic mass is 16.6. The molecule has 0 bridgehead atoms. The quantitative estimate of drug-likeness (QED) is 0.456. The van der Waals surface area contributed by atoms with E-state index in [0.29, 0.717) is 16.9 Å². The third-order valence-electron chi connectivity index (χ3n) is 4.46. The lowest BCUT2D eigenvalue weighted by Gasteiger charge is -2.14. The normalized spacial score (nSPS) is 10.0. The summed E-state index contributed by atoms with van der Waals surface area (Å²) in [5, 5.41) is 29.9. The minimum atomic E-state index is -0.709. The van der Waals surface area contributed by atoms with Crippen LogP contribution in [0.2, 0.25) is 0 Å². The number of nitriles is 2. The van der Waals surface area contributed by atoms with Gasteiger partial charge in [-0.3, -0.25) is 14.9 Å². The van der Waals surface area contributed by atoms with Crippen LogP contribution < -0.4 is 20.8 Å². The first-order chi connectivity index (χ1) is 14.9. The number of anilines is 1. The number of aromatic nitrogens is 1. The van der Waals surface area contributed by atoms with Gasteiger partial charge in [0.1, 0.15) is 47.2 Å². The van der Waals surface area contributed by atoms with E-state index in [1.165, 1.54) is 25.3 Å². The van der Waals surface area contributed by atoms with E-state index >= 15 is 0 Å². The minimum absolute atomic E-state index is 0.0272. The Kier molecular flexibility index (Phi) is 5.85. The molecule has 0 atom stereocenters. The van der Waals surface area contributed by atoms with Gasteiger partial charge in [-0.2, -0.15) is 10.5 Å². The van der Waals surface area contributed by atoms with E-state index in [2.05, 4.69) is 4.98 Å². The highest BCUT2D eigenvalue weighted by Crippen LogP contribution is 2.32. The minimum Gasteiger partial charge on any atom is -0.496 e. The molecule has 0 radical (unpaired) electrons. The number of benzene rings is 2. The summed E-state index contributed by atoms with van der Waals surface area (Å²) in [6.45, 7) is -0.0272. The molecule has 0 saturated heterocycles. The molecule has 10 nitrogen and oxygen atoms in total. The fourth-order valence-corrected chi connectivity index (χ4v) is 3.03. The molecule has 31 heavy (non-hydrogen) atoms. The van der Waals surface area contributed by atoms with Crippen molar-refractivity contribution in [1.82, 2.24) is 4.98 Å². The Morgan fingerprint density at radius 1 is 1.16 bits per heavy atom. The fourth-order valence-electron chi connectivity index (χ4n) is 3.03. The number of aromatic amines is 1. The Hall–Kier alpha value is -4.83. The van der Waals surface area contributed by atoms with Crippen molar-refractivity contribution in [2.75, 3.05) is 12.8 Å². The van der Waals surface area contributed by atoms with Crippen LogP contribution in [0, 0.1) is 32.8 Å². The molecule has 0 unspecified atom stereocenters. The summed E-state index contributed by atoms with van der Waals surface area (Å²) in [6.07, 6.45) is 0. The average molecular weight is 417 g/mol. The zero-order chi connectivity index (χ0) is 22.5. The molecule has 10 heteroatoms. The third-order valence-corrected chi connectivity index (χ3v) is 4.46. The number of nitrogens with zero attached hydrogens (tertiary/aromatic N) is 3. The topological polar surface area (TPSA) is 168 Å². The van der Waals surface area contributed by atoms with Crippen LogP contribution in [0.15, 0.2) is 47.3 Å². The van der Waals surface area contributed by atoms with Crippen LogP contribution in [-0.4, -0.2) is 17.0 Å². The Morgan fingerprint density at radius 3 is 2.55 bits per heavy atom. The number of hydrogen-bond acceptors (Lipinski definition) is 8. The van der Waals surface area contributed by atoms with E-state index in [4.69, 9.17) is 15.2 Å². The Balaban J connectivity index is 2.06. The lowest BCUT2D eigenvalue weighted by molar-refractivity contribution is -0.384. The van der Waals surface area contributed by atoms with Gasteiger partial charge in [0.25, 0.3) is 11.2 Å². The highest BCUT2D eigenvalue weighted by Gasteiger charge is 2.19. The number of hydrogen-bond donors (Lipinski definition) is 2. The number of nitrogens with two attached hydrogens (primary N) is 1. The molecule has 1 aromatic heterocycles. The highest BCUT2D eigenvalue weighted by molar-refractivity contribution is 5.80. The van der Waals surface area contributed by atoms with E-state index in [9.17, 15) is 25.4 Å². The molecule has 0 amide bonds. The Bertz CT molecular complexity index is 1320. The van der Waals surface area contributed by atoms with Gasteiger partial charge < -0.3 is 20.2 Å². The van der Waals surface area contributed by atoms with Gasteiger partial charge in [-0.25, -0.2) is 0 Å². The van der Waals surface area contributed by atoms with Crippen LogP contribution in [0.3, 0.4) is 0 Å². The number of nitrogen functional groups attached to an aromatic ring is 1. The van der Waals surface area contributed by atoms with Crippen LogP contribution >= 0.6 is 0 Å². The predicted molar refractivity (Wildman–Crippen MR) is 110 cm³/mol. The van der Waals surface area contributed by atoms with Gasteiger partial charge in [0, 0.05) is 17.2 Å². The first-order valence-corrected chi connectivity index (χ1v) is 8.80. The molecule has 0 aliphatic carbocycles. The van der Waals surface area contributed by atoms with Gasteiger partial charge in [0.05, 0.1) is 18.1 Å². The lowest BCUT2D eigenvalue weighted by atomic mass is 9.95. The third kappa shape index (κ3) is 4.13. The zero-order valence-corrected chi connectivity index (χ0v) is 16.2. The fraction of sp³-hybridized carbons (Fsp3) is 0.0952. The van der Waals surface area contributed by atoms with Crippen molar-refractivity contribution in [3.05, 3.63) is 79.6 Å².